The summed E-state index contributed by atoms with van der Waals surface area (Å²) in [6, 6.07) is 15.2. The monoisotopic (exact) mass is 296 g/mol. The molecular weight excluding hydrogens is 279 g/mol. The number of rotatable bonds is 3. The van der Waals surface area contributed by atoms with Gasteiger partial charge in [-0.3, -0.25) is 9.59 Å². The van der Waals surface area contributed by atoms with E-state index in [4.69, 9.17) is 0 Å². The van der Waals surface area contributed by atoms with Crippen molar-refractivity contribution in [3.63, 3.8) is 0 Å². The molecule has 1 fully saturated rings. The summed E-state index contributed by atoms with van der Waals surface area (Å²) < 4.78 is 13.2. The molecule has 0 spiro atoms. The van der Waals surface area contributed by atoms with E-state index in [1.165, 1.54) is 12.1 Å². The summed E-state index contributed by atoms with van der Waals surface area (Å²) in [6.07, 6.45) is 1.78. The predicted octanol–water partition coefficient (Wildman–Crippen LogP) is 4.09. The van der Waals surface area contributed by atoms with E-state index in [0.29, 0.717) is 31.2 Å². The highest BCUT2D eigenvalue weighted by molar-refractivity contribution is 6.05. The number of hydrogen-bond acceptors (Lipinski definition) is 2. The van der Waals surface area contributed by atoms with E-state index in [0.717, 1.165) is 5.56 Å². The highest BCUT2D eigenvalue weighted by Crippen LogP contribution is 2.41. The molecule has 1 saturated carbocycles. The summed E-state index contributed by atoms with van der Waals surface area (Å²) in [4.78, 5) is 24.7. The van der Waals surface area contributed by atoms with Gasteiger partial charge in [0, 0.05) is 18.4 Å². The Morgan fingerprint density at radius 1 is 0.909 bits per heavy atom. The van der Waals surface area contributed by atoms with Gasteiger partial charge in [0.15, 0.2) is 5.78 Å². The summed E-state index contributed by atoms with van der Waals surface area (Å²) >= 11 is 0. The third-order valence-corrected chi connectivity index (χ3v) is 4.53. The Kier molecular flexibility index (Phi) is 3.88. The molecule has 22 heavy (non-hydrogen) atoms. The fourth-order valence-electron chi connectivity index (χ4n) is 3.24. The Bertz CT molecular complexity index is 679. The predicted molar refractivity (Wildman–Crippen MR) is 82.3 cm³/mol. The Balaban J connectivity index is 2.05. The van der Waals surface area contributed by atoms with Crippen LogP contribution in [0.25, 0.3) is 0 Å². The standard InChI is InChI=1S/C19H17FO2/c20-16-8-6-15(7-9-16)19(12-10-17(21)11-13-19)18(22)14-4-2-1-3-5-14/h1-9H,10-13H2. The lowest BCUT2D eigenvalue weighted by molar-refractivity contribution is -0.121. The largest absolute Gasteiger partial charge is 0.300 e. The zero-order chi connectivity index (χ0) is 15.6. The van der Waals surface area contributed by atoms with Crippen LogP contribution in [-0.2, 0) is 10.2 Å². The number of Topliss-reactive ketones (excluding diaryl/α,β-unsaturated/α-hetero) is 2. The molecule has 0 aliphatic heterocycles. The number of carbonyl (C=O) groups excluding carboxylic acids is 2. The minimum atomic E-state index is -0.719. The Labute approximate surface area is 129 Å². The van der Waals surface area contributed by atoms with Crippen molar-refractivity contribution < 1.29 is 14.0 Å². The first kappa shape index (κ1) is 14.6. The van der Waals surface area contributed by atoms with Gasteiger partial charge in [0.25, 0.3) is 0 Å². The maximum Gasteiger partial charge on any atom is 0.173 e. The molecule has 1 aliphatic rings. The van der Waals surface area contributed by atoms with Crippen LogP contribution in [0.15, 0.2) is 54.6 Å². The molecule has 0 saturated heterocycles. The van der Waals surface area contributed by atoms with Gasteiger partial charge in [-0.15, -0.1) is 0 Å². The minimum absolute atomic E-state index is 0.0206. The first-order valence-electron chi connectivity index (χ1n) is 7.49. The topological polar surface area (TPSA) is 34.1 Å². The van der Waals surface area contributed by atoms with Crippen LogP contribution in [0.3, 0.4) is 0 Å². The summed E-state index contributed by atoms with van der Waals surface area (Å²) in [5.74, 6) is -0.108. The molecule has 0 unspecified atom stereocenters. The molecule has 0 N–H and O–H groups in total. The molecule has 0 aromatic heterocycles. The molecule has 0 heterocycles. The Hall–Kier alpha value is -2.29. The summed E-state index contributed by atoms with van der Waals surface area (Å²) in [5, 5.41) is 0. The molecular formula is C19H17FO2. The van der Waals surface area contributed by atoms with Gasteiger partial charge in [-0.05, 0) is 30.5 Å². The molecule has 3 heteroatoms. The average Bonchev–Trinajstić information content (AvgIpc) is 2.57. The van der Waals surface area contributed by atoms with Crippen molar-refractivity contribution in [1.29, 1.82) is 0 Å². The van der Waals surface area contributed by atoms with Crippen LogP contribution in [0.2, 0.25) is 0 Å². The zero-order valence-corrected chi connectivity index (χ0v) is 12.2. The van der Waals surface area contributed by atoms with E-state index in [9.17, 15) is 14.0 Å². The van der Waals surface area contributed by atoms with E-state index in [1.807, 2.05) is 18.2 Å². The molecule has 1 aliphatic carbocycles. The molecule has 0 radical (unpaired) electrons. The summed E-state index contributed by atoms with van der Waals surface area (Å²) in [6.45, 7) is 0. The molecule has 2 aromatic carbocycles. The maximum atomic E-state index is 13.2. The SMILES string of the molecule is O=C1CCC(C(=O)c2ccccc2)(c2ccc(F)cc2)CC1. The van der Waals surface area contributed by atoms with E-state index in [-0.39, 0.29) is 17.4 Å². The van der Waals surface area contributed by atoms with Crippen LogP contribution in [-0.4, -0.2) is 11.6 Å². The second-order valence-corrected chi connectivity index (χ2v) is 5.82. The van der Waals surface area contributed by atoms with Gasteiger partial charge in [0.05, 0.1) is 5.41 Å². The van der Waals surface area contributed by atoms with Crippen molar-refractivity contribution in [2.75, 3.05) is 0 Å². The molecule has 2 aromatic rings. The summed E-state index contributed by atoms with van der Waals surface area (Å²) in [7, 11) is 0. The van der Waals surface area contributed by atoms with Gasteiger partial charge >= 0.3 is 0 Å². The quantitative estimate of drug-likeness (QED) is 0.799. The van der Waals surface area contributed by atoms with E-state index in [2.05, 4.69) is 0 Å². The van der Waals surface area contributed by atoms with Crippen LogP contribution >= 0.6 is 0 Å². The molecule has 2 nitrogen and oxygen atoms in total. The smallest absolute Gasteiger partial charge is 0.173 e. The molecule has 112 valence electrons. The van der Waals surface area contributed by atoms with Gasteiger partial charge in [0.1, 0.15) is 11.6 Å². The van der Waals surface area contributed by atoms with Gasteiger partial charge in [-0.2, -0.15) is 0 Å². The molecule has 0 amide bonds. The second kappa shape index (κ2) is 5.84. The van der Waals surface area contributed by atoms with Crippen LogP contribution in [0.4, 0.5) is 4.39 Å². The molecule has 0 bridgehead atoms. The lowest BCUT2D eigenvalue weighted by Gasteiger charge is -2.36. The Morgan fingerprint density at radius 2 is 1.50 bits per heavy atom. The number of halogens is 1. The molecule has 3 rings (SSSR count). The lowest BCUT2D eigenvalue weighted by atomic mass is 9.65. The zero-order valence-electron chi connectivity index (χ0n) is 12.2. The van der Waals surface area contributed by atoms with Crippen molar-refractivity contribution in [2.45, 2.75) is 31.1 Å². The van der Waals surface area contributed by atoms with Crippen molar-refractivity contribution in [1.82, 2.24) is 0 Å². The van der Waals surface area contributed by atoms with E-state index >= 15 is 0 Å². The van der Waals surface area contributed by atoms with Gasteiger partial charge in [0.2, 0.25) is 0 Å². The average molecular weight is 296 g/mol. The fourth-order valence-corrected chi connectivity index (χ4v) is 3.24. The highest BCUT2D eigenvalue weighted by atomic mass is 19.1. The third kappa shape index (κ3) is 2.59. The second-order valence-electron chi connectivity index (χ2n) is 5.82. The van der Waals surface area contributed by atoms with Gasteiger partial charge in [-0.25, -0.2) is 4.39 Å². The number of ketones is 2. The van der Waals surface area contributed by atoms with E-state index in [1.54, 1.807) is 24.3 Å². The fraction of sp³-hybridized carbons (Fsp3) is 0.263. The summed E-state index contributed by atoms with van der Waals surface area (Å²) in [5.41, 5.74) is 0.722. The van der Waals surface area contributed by atoms with Crippen molar-refractivity contribution in [2.24, 2.45) is 0 Å². The number of carbonyl (C=O) groups is 2. The number of hydrogen-bond donors (Lipinski definition) is 0. The highest BCUT2D eigenvalue weighted by Gasteiger charge is 2.43. The van der Waals surface area contributed by atoms with Crippen molar-refractivity contribution in [3.8, 4) is 0 Å². The first-order chi connectivity index (χ1) is 10.6. The van der Waals surface area contributed by atoms with Gasteiger partial charge in [-0.1, -0.05) is 42.5 Å². The van der Waals surface area contributed by atoms with Crippen LogP contribution in [0.1, 0.15) is 41.6 Å². The van der Waals surface area contributed by atoms with E-state index < -0.39 is 5.41 Å². The van der Waals surface area contributed by atoms with Crippen LogP contribution < -0.4 is 0 Å². The molecule has 0 atom stereocenters. The lowest BCUT2D eigenvalue weighted by Crippen LogP contribution is -2.40. The van der Waals surface area contributed by atoms with Crippen LogP contribution in [0, 0.1) is 5.82 Å². The Morgan fingerprint density at radius 3 is 2.09 bits per heavy atom. The maximum absolute atomic E-state index is 13.2. The minimum Gasteiger partial charge on any atom is -0.300 e. The van der Waals surface area contributed by atoms with Crippen molar-refractivity contribution >= 4 is 11.6 Å². The van der Waals surface area contributed by atoms with Crippen LogP contribution in [0.5, 0.6) is 0 Å². The normalized spacial score (nSPS) is 17.2. The first-order valence-corrected chi connectivity index (χ1v) is 7.49. The van der Waals surface area contributed by atoms with Crippen molar-refractivity contribution in [3.05, 3.63) is 71.5 Å². The number of benzene rings is 2. The van der Waals surface area contributed by atoms with Gasteiger partial charge < -0.3 is 0 Å². The third-order valence-electron chi connectivity index (χ3n) is 4.53.